The monoisotopic (exact) mass is 899 g/mol. The molecule has 5 heterocycles. The number of likely N-dealkylation sites (tertiary alicyclic amines) is 1. The highest BCUT2D eigenvalue weighted by atomic mass is 32.1. The fraction of sp³-hybridized carbons (Fsp3) is 0.354. The van der Waals surface area contributed by atoms with Crippen molar-refractivity contribution < 1.29 is 24.2 Å². The first-order chi connectivity index (χ1) is 30.5. The summed E-state index contributed by atoms with van der Waals surface area (Å²) in [6.07, 6.45) is -1.46. The topological polar surface area (TPSA) is 190 Å². The van der Waals surface area contributed by atoms with Crippen LogP contribution < -0.4 is 21.1 Å². The number of carbonyl (C=O) groups excluding carboxylic acids is 3. The number of thiophene rings is 1. The summed E-state index contributed by atoms with van der Waals surface area (Å²) in [6.45, 7) is 15.2. The van der Waals surface area contributed by atoms with E-state index in [1.807, 2.05) is 112 Å². The molecule has 14 nitrogen and oxygen atoms in total. The number of thiazole rings is 1. The second-order valence-corrected chi connectivity index (χ2v) is 19.7. The van der Waals surface area contributed by atoms with Gasteiger partial charge in [-0.3, -0.25) is 23.9 Å². The first-order valence-electron chi connectivity index (χ1n) is 21.3. The van der Waals surface area contributed by atoms with Crippen molar-refractivity contribution in [2.45, 2.75) is 92.2 Å². The highest BCUT2D eigenvalue weighted by Gasteiger charge is 2.45. The van der Waals surface area contributed by atoms with Crippen molar-refractivity contribution in [3.8, 4) is 32.3 Å². The highest BCUT2D eigenvalue weighted by molar-refractivity contribution is 7.15. The van der Waals surface area contributed by atoms with Crippen LogP contribution in [0.25, 0.3) is 26.6 Å². The Balaban J connectivity index is 0.887. The van der Waals surface area contributed by atoms with E-state index in [-0.39, 0.29) is 31.5 Å². The maximum atomic E-state index is 14.2. The largest absolute Gasteiger partial charge is 0.484 e. The van der Waals surface area contributed by atoms with Crippen molar-refractivity contribution in [3.63, 3.8) is 0 Å². The number of amides is 3. The lowest BCUT2D eigenvalue weighted by Gasteiger charge is -2.35. The molecule has 6 aromatic rings. The van der Waals surface area contributed by atoms with E-state index in [0.717, 1.165) is 66.1 Å². The third-order valence-electron chi connectivity index (χ3n) is 12.0. The Morgan fingerprint density at radius 1 is 0.906 bits per heavy atom. The summed E-state index contributed by atoms with van der Waals surface area (Å²) in [6, 6.07) is 21.3. The minimum Gasteiger partial charge on any atom is -0.484 e. The van der Waals surface area contributed by atoms with Gasteiger partial charge in [0, 0.05) is 29.0 Å². The van der Waals surface area contributed by atoms with Gasteiger partial charge < -0.3 is 31.1 Å². The standard InChI is InChI=1S/C48H53N9O5S2/c1-25-28(4)64-47-39(25)40(53-43(49)44-55-54-29(5)57(44)47)33-13-11-31(12-14-33)32-17-19-36(20-18-32)62-23-38(59)52-42(48(6,7)8)46(61)56-22-35(58)21-37(56)45(60)51-26(2)30-9-15-34(16-10-30)41-27(3)50-24-63-41/h9-20,24,26,35,37,42-43,58H,21-23,49H2,1-8H3,(H,51,60)(H,52,59)/t26-,35+,37-,42+,43?/m0/s1. The minimum atomic E-state index is -0.988. The van der Waals surface area contributed by atoms with Gasteiger partial charge >= 0.3 is 0 Å². The fourth-order valence-electron chi connectivity index (χ4n) is 8.28. The van der Waals surface area contributed by atoms with E-state index in [1.165, 1.54) is 9.78 Å². The second-order valence-electron chi connectivity index (χ2n) is 17.6. The van der Waals surface area contributed by atoms with Crippen molar-refractivity contribution in [2.24, 2.45) is 16.1 Å². The third kappa shape index (κ3) is 8.87. The van der Waals surface area contributed by atoms with Gasteiger partial charge in [-0.15, -0.1) is 32.9 Å². The summed E-state index contributed by atoms with van der Waals surface area (Å²) in [5.74, 6) is 0.548. The molecule has 332 valence electrons. The molecule has 3 aromatic heterocycles. The summed E-state index contributed by atoms with van der Waals surface area (Å²) in [5.41, 5.74) is 16.4. The molecule has 0 aliphatic carbocycles. The van der Waals surface area contributed by atoms with Crippen LogP contribution in [-0.4, -0.2) is 84.5 Å². The lowest BCUT2D eigenvalue weighted by Crippen LogP contribution is -2.58. The summed E-state index contributed by atoms with van der Waals surface area (Å²) >= 11 is 3.26. The molecule has 8 rings (SSSR count). The summed E-state index contributed by atoms with van der Waals surface area (Å²) in [4.78, 5) is 54.2. The van der Waals surface area contributed by atoms with Gasteiger partial charge in [0.15, 0.2) is 18.6 Å². The zero-order valence-corrected chi connectivity index (χ0v) is 38.8. The number of β-amino-alcohol motifs (C(OH)–C–C–N with tert-alkyl or cyclic N) is 1. The van der Waals surface area contributed by atoms with Crippen LogP contribution in [0.15, 0.2) is 83.3 Å². The third-order valence-corrected chi connectivity index (χ3v) is 14.1. The molecule has 0 saturated carbocycles. The average Bonchev–Trinajstić information content (AvgIpc) is 4.04. The second kappa shape index (κ2) is 17.8. The fourth-order valence-corrected chi connectivity index (χ4v) is 10.3. The lowest BCUT2D eigenvalue weighted by atomic mass is 9.85. The normalized spacial score (nSPS) is 18.1. The molecular weight excluding hydrogens is 847 g/mol. The van der Waals surface area contributed by atoms with E-state index >= 15 is 0 Å². The Morgan fingerprint density at radius 3 is 2.19 bits per heavy atom. The van der Waals surface area contributed by atoms with E-state index in [1.54, 1.807) is 34.8 Å². The Kier molecular flexibility index (Phi) is 12.4. The van der Waals surface area contributed by atoms with Gasteiger partial charge in [-0.05, 0) is 80.0 Å². The van der Waals surface area contributed by atoms with Gasteiger partial charge in [0.1, 0.15) is 28.7 Å². The molecule has 1 unspecified atom stereocenters. The van der Waals surface area contributed by atoms with Crippen molar-refractivity contribution >= 4 is 46.1 Å². The van der Waals surface area contributed by atoms with Crippen LogP contribution in [0.1, 0.15) is 90.8 Å². The first-order valence-corrected chi connectivity index (χ1v) is 23.0. The zero-order chi connectivity index (χ0) is 45.6. The Labute approximate surface area is 380 Å². The van der Waals surface area contributed by atoms with Crippen molar-refractivity contribution in [3.05, 3.63) is 123 Å². The number of aryl methyl sites for hydroxylation is 3. The van der Waals surface area contributed by atoms with Crippen LogP contribution in [0.3, 0.4) is 0 Å². The number of nitrogens with zero attached hydrogens (tertiary/aromatic N) is 6. The molecule has 1 fully saturated rings. The number of ether oxygens (including phenoxy) is 1. The molecule has 64 heavy (non-hydrogen) atoms. The number of fused-ring (bicyclic) bond motifs is 3. The predicted octanol–water partition coefficient (Wildman–Crippen LogP) is 6.91. The smallest absolute Gasteiger partial charge is 0.258 e. The molecule has 1 saturated heterocycles. The zero-order valence-electron chi connectivity index (χ0n) is 37.2. The Hall–Kier alpha value is -6.07. The number of rotatable bonds is 11. The SMILES string of the molecule is Cc1ncsc1-c1ccc([C@H](C)NC(=O)[C@@H]2C[C@@H](O)CN2C(=O)[C@@H](NC(=O)COc2ccc(-c3ccc(C4=NC(N)c5nnc(C)n5-c5sc(C)c(C)c54)cc3)cc2)C(C)(C)C)cc1. The average molecular weight is 900 g/mol. The summed E-state index contributed by atoms with van der Waals surface area (Å²) < 4.78 is 7.90. The number of aromatic nitrogens is 4. The molecule has 5 N–H and O–H groups in total. The van der Waals surface area contributed by atoms with Crippen molar-refractivity contribution in [2.75, 3.05) is 13.2 Å². The molecule has 0 bridgehead atoms. The number of aliphatic hydroxyl groups is 1. The van der Waals surface area contributed by atoms with E-state index in [9.17, 15) is 19.5 Å². The van der Waals surface area contributed by atoms with Crippen LogP contribution in [-0.2, 0) is 14.4 Å². The predicted molar refractivity (Wildman–Crippen MR) is 250 cm³/mol. The number of nitrogens with two attached hydrogens (primary N) is 1. The highest BCUT2D eigenvalue weighted by Crippen LogP contribution is 2.38. The van der Waals surface area contributed by atoms with Gasteiger partial charge in [-0.2, -0.15) is 0 Å². The van der Waals surface area contributed by atoms with E-state index < -0.39 is 41.6 Å². The van der Waals surface area contributed by atoms with Gasteiger partial charge in [0.05, 0.1) is 33.9 Å². The van der Waals surface area contributed by atoms with Gasteiger partial charge in [-0.25, -0.2) is 4.98 Å². The molecular formula is C48H53N9O5S2. The number of hydrogen-bond donors (Lipinski definition) is 4. The Morgan fingerprint density at radius 2 is 1.55 bits per heavy atom. The molecule has 16 heteroatoms. The Bertz CT molecular complexity index is 2730. The van der Waals surface area contributed by atoms with Crippen LogP contribution in [0.5, 0.6) is 5.75 Å². The quantitative estimate of drug-likeness (QED) is 0.107. The summed E-state index contributed by atoms with van der Waals surface area (Å²) in [7, 11) is 0. The summed E-state index contributed by atoms with van der Waals surface area (Å²) in [5, 5.41) is 26.2. The maximum Gasteiger partial charge on any atom is 0.258 e. The van der Waals surface area contributed by atoms with Crippen LogP contribution in [0.4, 0.5) is 0 Å². The molecule has 5 atom stereocenters. The van der Waals surface area contributed by atoms with Crippen LogP contribution in [0, 0.1) is 33.1 Å². The number of aliphatic imine (C=N–C) groups is 1. The number of aliphatic hydroxyl groups excluding tert-OH is 1. The number of nitrogens with one attached hydrogen (secondary N) is 2. The number of carbonyl (C=O) groups is 3. The molecule has 0 spiro atoms. The van der Waals surface area contributed by atoms with Gasteiger partial charge in [-0.1, -0.05) is 81.4 Å². The molecule has 0 radical (unpaired) electrons. The first kappa shape index (κ1) is 44.5. The van der Waals surface area contributed by atoms with Crippen molar-refractivity contribution in [1.29, 1.82) is 0 Å². The minimum absolute atomic E-state index is 0.0234. The molecule has 2 aliphatic heterocycles. The van der Waals surface area contributed by atoms with E-state index in [2.05, 4.69) is 39.7 Å². The van der Waals surface area contributed by atoms with Crippen LogP contribution >= 0.6 is 22.7 Å². The maximum absolute atomic E-state index is 14.2. The van der Waals surface area contributed by atoms with Gasteiger partial charge in [0.2, 0.25) is 11.8 Å². The van der Waals surface area contributed by atoms with E-state index in [0.29, 0.717) is 11.6 Å². The van der Waals surface area contributed by atoms with Crippen molar-refractivity contribution in [1.82, 2.24) is 35.3 Å². The molecule has 3 aromatic carbocycles. The number of hydrogen-bond acceptors (Lipinski definition) is 12. The van der Waals surface area contributed by atoms with E-state index in [4.69, 9.17) is 15.5 Å². The molecule has 3 amide bonds. The molecule has 2 aliphatic rings. The lowest BCUT2D eigenvalue weighted by molar-refractivity contribution is -0.144. The number of benzene rings is 3. The van der Waals surface area contributed by atoms with Gasteiger partial charge in [0.25, 0.3) is 5.91 Å². The van der Waals surface area contributed by atoms with Crippen LogP contribution in [0.2, 0.25) is 0 Å².